The summed E-state index contributed by atoms with van der Waals surface area (Å²) in [5, 5.41) is 7.66. The molecule has 0 fully saturated rings. The Bertz CT molecular complexity index is 651. The van der Waals surface area contributed by atoms with Gasteiger partial charge in [0, 0.05) is 10.7 Å². The minimum absolute atomic E-state index is 0.107. The Hall–Kier alpha value is -2.27. The molecule has 5 nitrogen and oxygen atoms in total. The summed E-state index contributed by atoms with van der Waals surface area (Å²) >= 11 is 6.02. The van der Waals surface area contributed by atoms with E-state index in [1.54, 1.807) is 31.4 Å². The Morgan fingerprint density at radius 3 is 2.86 bits per heavy atom. The molecule has 2 rings (SSSR count). The number of hydrogen-bond acceptors (Lipinski definition) is 4. The highest BCUT2D eigenvalue weighted by Gasteiger charge is 2.05. The number of rotatable bonds is 5. The molecule has 6 heteroatoms. The van der Waals surface area contributed by atoms with Crippen LogP contribution in [0.15, 0.2) is 46.1 Å². The van der Waals surface area contributed by atoms with E-state index in [0.29, 0.717) is 16.5 Å². The Morgan fingerprint density at radius 1 is 1.33 bits per heavy atom. The van der Waals surface area contributed by atoms with Gasteiger partial charge in [-0.3, -0.25) is 4.79 Å². The second-order valence-corrected chi connectivity index (χ2v) is 4.88. The van der Waals surface area contributed by atoms with Crippen LogP contribution in [0, 0.1) is 6.92 Å². The Labute approximate surface area is 128 Å². The first-order valence-electron chi connectivity index (χ1n) is 6.44. The number of nitrogens with zero attached hydrogens (tertiary/aromatic N) is 1. The average Bonchev–Trinajstić information content (AvgIpc) is 3.00. The lowest BCUT2D eigenvalue weighted by Crippen LogP contribution is -2.27. The molecule has 0 spiro atoms. The third kappa shape index (κ3) is 4.10. The molecule has 0 saturated carbocycles. The summed E-state index contributed by atoms with van der Waals surface area (Å²) in [6.45, 7) is 3.76. The second-order valence-electron chi connectivity index (χ2n) is 4.48. The number of amides is 1. The molecule has 0 aliphatic heterocycles. The third-order valence-corrected chi connectivity index (χ3v) is 3.34. The van der Waals surface area contributed by atoms with E-state index in [9.17, 15) is 4.79 Å². The highest BCUT2D eigenvalue weighted by molar-refractivity contribution is 6.31. The minimum atomic E-state index is -0.250. The average molecular weight is 306 g/mol. The van der Waals surface area contributed by atoms with Crippen molar-refractivity contribution in [2.24, 2.45) is 5.10 Å². The van der Waals surface area contributed by atoms with Crippen LogP contribution in [0.1, 0.15) is 18.2 Å². The maximum atomic E-state index is 11.7. The predicted octanol–water partition coefficient (Wildman–Crippen LogP) is 3.19. The van der Waals surface area contributed by atoms with Crippen LogP contribution >= 0.6 is 11.6 Å². The van der Waals surface area contributed by atoms with Gasteiger partial charge in [-0.2, -0.15) is 5.10 Å². The van der Waals surface area contributed by atoms with Crippen molar-refractivity contribution in [1.82, 2.24) is 5.43 Å². The van der Waals surface area contributed by atoms with Crippen LogP contribution in [-0.4, -0.2) is 18.2 Å². The van der Waals surface area contributed by atoms with Crippen molar-refractivity contribution in [3.05, 3.63) is 52.9 Å². The van der Waals surface area contributed by atoms with Gasteiger partial charge in [0.2, 0.25) is 0 Å². The van der Waals surface area contributed by atoms with Crippen molar-refractivity contribution < 1.29 is 9.21 Å². The van der Waals surface area contributed by atoms with Crippen LogP contribution < -0.4 is 10.7 Å². The van der Waals surface area contributed by atoms with Gasteiger partial charge in [0.15, 0.2) is 0 Å². The zero-order valence-electron chi connectivity index (χ0n) is 11.8. The summed E-state index contributed by atoms with van der Waals surface area (Å²) in [5.41, 5.74) is 4.80. The van der Waals surface area contributed by atoms with E-state index in [-0.39, 0.29) is 12.5 Å². The standard InChI is InChI=1S/C15H16ClN3O2/c1-10-12(16)5-3-6-13(10)17-9-15(20)19-18-11(2)14-7-4-8-21-14/h3-8,17H,9H2,1-2H3,(H,19,20). The number of furan rings is 1. The quantitative estimate of drug-likeness (QED) is 0.658. The summed E-state index contributed by atoms with van der Waals surface area (Å²) in [4.78, 5) is 11.7. The van der Waals surface area contributed by atoms with Gasteiger partial charge >= 0.3 is 0 Å². The number of hydrazone groups is 1. The largest absolute Gasteiger partial charge is 0.463 e. The molecular formula is C15H16ClN3O2. The molecule has 0 aliphatic carbocycles. The monoisotopic (exact) mass is 305 g/mol. The lowest BCUT2D eigenvalue weighted by Gasteiger charge is -2.09. The van der Waals surface area contributed by atoms with Crippen LogP contribution in [0.3, 0.4) is 0 Å². The molecule has 1 heterocycles. The highest BCUT2D eigenvalue weighted by Crippen LogP contribution is 2.22. The lowest BCUT2D eigenvalue weighted by atomic mass is 10.2. The SMILES string of the molecule is CC(=NNC(=O)CNc1cccc(Cl)c1C)c1ccco1. The van der Waals surface area contributed by atoms with Gasteiger partial charge in [-0.05, 0) is 43.7 Å². The van der Waals surface area contributed by atoms with Gasteiger partial charge in [0.25, 0.3) is 5.91 Å². The van der Waals surface area contributed by atoms with Gasteiger partial charge < -0.3 is 9.73 Å². The van der Waals surface area contributed by atoms with Crippen LogP contribution in [0.2, 0.25) is 5.02 Å². The van der Waals surface area contributed by atoms with Crippen molar-refractivity contribution in [2.75, 3.05) is 11.9 Å². The van der Waals surface area contributed by atoms with Crippen molar-refractivity contribution in [1.29, 1.82) is 0 Å². The summed E-state index contributed by atoms with van der Waals surface area (Å²) in [7, 11) is 0. The van der Waals surface area contributed by atoms with Crippen LogP contribution in [0.25, 0.3) is 0 Å². The van der Waals surface area contributed by atoms with Gasteiger partial charge in [-0.1, -0.05) is 17.7 Å². The number of carbonyl (C=O) groups is 1. The van der Waals surface area contributed by atoms with Crippen LogP contribution in [0.4, 0.5) is 5.69 Å². The topological polar surface area (TPSA) is 66.6 Å². The van der Waals surface area contributed by atoms with E-state index in [0.717, 1.165) is 11.3 Å². The Morgan fingerprint density at radius 2 is 2.14 bits per heavy atom. The van der Waals surface area contributed by atoms with E-state index in [2.05, 4.69) is 15.8 Å². The fraction of sp³-hybridized carbons (Fsp3) is 0.200. The van der Waals surface area contributed by atoms with E-state index in [1.807, 2.05) is 19.1 Å². The molecule has 21 heavy (non-hydrogen) atoms. The first kappa shape index (κ1) is 15.1. The van der Waals surface area contributed by atoms with E-state index < -0.39 is 0 Å². The Kier molecular flexibility index (Phi) is 5.00. The predicted molar refractivity (Wildman–Crippen MR) is 83.7 cm³/mol. The maximum absolute atomic E-state index is 11.7. The van der Waals surface area contributed by atoms with Gasteiger partial charge in [-0.25, -0.2) is 5.43 Å². The Balaban J connectivity index is 1.88. The molecule has 0 aliphatic rings. The van der Waals surface area contributed by atoms with Crippen LogP contribution in [-0.2, 0) is 4.79 Å². The van der Waals surface area contributed by atoms with Crippen molar-refractivity contribution in [3.63, 3.8) is 0 Å². The summed E-state index contributed by atoms with van der Waals surface area (Å²) < 4.78 is 5.17. The molecule has 0 unspecified atom stereocenters. The fourth-order valence-corrected chi connectivity index (χ4v) is 1.87. The van der Waals surface area contributed by atoms with Crippen LogP contribution in [0.5, 0.6) is 0 Å². The summed E-state index contributed by atoms with van der Waals surface area (Å²) in [6, 6.07) is 9.04. The number of carbonyl (C=O) groups excluding carboxylic acids is 1. The fourth-order valence-electron chi connectivity index (χ4n) is 1.70. The van der Waals surface area contributed by atoms with E-state index in [4.69, 9.17) is 16.0 Å². The van der Waals surface area contributed by atoms with Crippen molar-refractivity contribution >= 4 is 28.9 Å². The van der Waals surface area contributed by atoms with E-state index >= 15 is 0 Å². The van der Waals surface area contributed by atoms with Crippen molar-refractivity contribution in [2.45, 2.75) is 13.8 Å². The normalized spacial score (nSPS) is 11.3. The molecular weight excluding hydrogens is 290 g/mol. The molecule has 0 atom stereocenters. The lowest BCUT2D eigenvalue weighted by molar-refractivity contribution is -0.119. The number of halogens is 1. The molecule has 2 N–H and O–H groups in total. The number of nitrogens with one attached hydrogen (secondary N) is 2. The van der Waals surface area contributed by atoms with Gasteiger partial charge in [0.1, 0.15) is 11.5 Å². The number of benzene rings is 1. The molecule has 0 radical (unpaired) electrons. The highest BCUT2D eigenvalue weighted by atomic mass is 35.5. The molecule has 0 saturated heterocycles. The van der Waals surface area contributed by atoms with Crippen molar-refractivity contribution in [3.8, 4) is 0 Å². The van der Waals surface area contributed by atoms with E-state index in [1.165, 1.54) is 0 Å². The zero-order chi connectivity index (χ0) is 15.2. The smallest absolute Gasteiger partial charge is 0.259 e. The minimum Gasteiger partial charge on any atom is -0.463 e. The number of anilines is 1. The summed E-state index contributed by atoms with van der Waals surface area (Å²) in [6.07, 6.45) is 1.56. The number of hydrogen-bond donors (Lipinski definition) is 2. The maximum Gasteiger partial charge on any atom is 0.259 e. The first-order chi connectivity index (χ1) is 10.1. The molecule has 110 valence electrons. The molecule has 1 aromatic carbocycles. The van der Waals surface area contributed by atoms with Gasteiger partial charge in [-0.15, -0.1) is 0 Å². The second kappa shape index (κ2) is 6.95. The first-order valence-corrected chi connectivity index (χ1v) is 6.81. The molecule has 2 aromatic rings. The molecule has 0 bridgehead atoms. The third-order valence-electron chi connectivity index (χ3n) is 2.93. The van der Waals surface area contributed by atoms with Gasteiger partial charge in [0.05, 0.1) is 12.8 Å². The molecule has 1 amide bonds. The molecule has 1 aromatic heterocycles. The zero-order valence-corrected chi connectivity index (χ0v) is 12.6. The summed E-state index contributed by atoms with van der Waals surface area (Å²) in [5.74, 6) is 0.370.